The van der Waals surface area contributed by atoms with Crippen molar-refractivity contribution in [3.8, 4) is 0 Å². The van der Waals surface area contributed by atoms with Gasteiger partial charge < -0.3 is 15.7 Å². The number of rotatable bonds is 10. The largest absolute Gasteiger partial charge is 0.395 e. The predicted octanol–water partition coefficient (Wildman–Crippen LogP) is 0.852. The predicted molar refractivity (Wildman–Crippen MR) is 132 cm³/mol. The van der Waals surface area contributed by atoms with Crippen LogP contribution in [0.15, 0.2) is 42.5 Å². The summed E-state index contributed by atoms with van der Waals surface area (Å²) in [6.45, 7) is 2.91. The van der Waals surface area contributed by atoms with Gasteiger partial charge in [0.15, 0.2) is 0 Å². The van der Waals surface area contributed by atoms with Gasteiger partial charge in [0.1, 0.15) is 0 Å². The molecule has 1 fully saturated rings. The Bertz CT molecular complexity index is 1090. The first-order valence-electron chi connectivity index (χ1n) is 11.5. The van der Waals surface area contributed by atoms with Gasteiger partial charge in [-0.3, -0.25) is 14.5 Å². The highest BCUT2D eigenvalue weighted by Crippen LogP contribution is 2.31. The molecule has 2 amide bonds. The van der Waals surface area contributed by atoms with Crippen LogP contribution in [-0.4, -0.2) is 86.2 Å². The quantitative estimate of drug-likeness (QED) is 0.454. The summed E-state index contributed by atoms with van der Waals surface area (Å²) in [7, 11) is -3.61. The molecule has 2 aromatic rings. The van der Waals surface area contributed by atoms with Crippen molar-refractivity contribution < 1.29 is 23.1 Å². The van der Waals surface area contributed by atoms with Crippen LogP contribution in [0.1, 0.15) is 31.4 Å². The molecule has 1 atom stereocenters. The summed E-state index contributed by atoms with van der Waals surface area (Å²) >= 11 is 0. The Labute approximate surface area is 201 Å². The van der Waals surface area contributed by atoms with Crippen molar-refractivity contribution in [2.45, 2.75) is 31.8 Å². The molecule has 1 heterocycles. The maximum atomic E-state index is 12.5. The summed E-state index contributed by atoms with van der Waals surface area (Å²) in [4.78, 5) is 26.3. The lowest BCUT2D eigenvalue weighted by molar-refractivity contribution is -0.126. The molecule has 0 radical (unpaired) electrons. The van der Waals surface area contributed by atoms with E-state index in [9.17, 15) is 18.0 Å². The Morgan fingerprint density at radius 2 is 1.76 bits per heavy atom. The highest BCUT2D eigenvalue weighted by molar-refractivity contribution is 7.88. The first-order valence-corrected chi connectivity index (χ1v) is 13.4. The van der Waals surface area contributed by atoms with E-state index >= 15 is 0 Å². The topological polar surface area (TPSA) is 119 Å². The van der Waals surface area contributed by atoms with Crippen LogP contribution in [-0.2, 0) is 19.6 Å². The van der Waals surface area contributed by atoms with Crippen molar-refractivity contribution in [1.82, 2.24) is 19.8 Å². The van der Waals surface area contributed by atoms with Gasteiger partial charge in [-0.25, -0.2) is 8.42 Å². The molecule has 9 nitrogen and oxygen atoms in total. The lowest BCUT2D eigenvalue weighted by Gasteiger charge is -2.39. The van der Waals surface area contributed by atoms with Gasteiger partial charge in [0.05, 0.1) is 26.0 Å². The molecule has 3 N–H and O–H groups in total. The molecule has 3 rings (SSSR count). The lowest BCUT2D eigenvalue weighted by atomic mass is 9.96. The first-order chi connectivity index (χ1) is 16.2. The number of carbonyl (C=O) groups excluding carboxylic acids is 2. The number of sulfonamides is 1. The van der Waals surface area contributed by atoms with E-state index < -0.39 is 21.8 Å². The van der Waals surface area contributed by atoms with Crippen molar-refractivity contribution in [2.24, 2.45) is 0 Å². The van der Waals surface area contributed by atoms with Crippen molar-refractivity contribution in [3.05, 3.63) is 48.0 Å². The molecule has 0 unspecified atom stereocenters. The van der Waals surface area contributed by atoms with E-state index in [1.807, 2.05) is 12.1 Å². The molecule has 2 aromatic carbocycles. The Morgan fingerprint density at radius 1 is 1.09 bits per heavy atom. The van der Waals surface area contributed by atoms with Crippen LogP contribution in [0.4, 0.5) is 0 Å². The Kier molecular flexibility index (Phi) is 9.01. The second-order valence-corrected chi connectivity index (χ2v) is 10.6. The molecule has 186 valence electrons. The third kappa shape index (κ3) is 6.75. The second kappa shape index (κ2) is 11.7. The van der Waals surface area contributed by atoms with Gasteiger partial charge in [-0.05, 0) is 36.1 Å². The normalized spacial score (nSPS) is 16.5. The summed E-state index contributed by atoms with van der Waals surface area (Å²) in [5, 5.41) is 16.0. The van der Waals surface area contributed by atoms with E-state index in [0.29, 0.717) is 25.9 Å². The average Bonchev–Trinajstić information content (AvgIpc) is 2.83. The number of piperidine rings is 1. The van der Waals surface area contributed by atoms with Crippen LogP contribution in [0.2, 0.25) is 0 Å². The lowest BCUT2D eigenvalue weighted by Crippen LogP contribution is -2.51. The molecule has 34 heavy (non-hydrogen) atoms. The van der Waals surface area contributed by atoms with Crippen molar-refractivity contribution in [1.29, 1.82) is 0 Å². The maximum absolute atomic E-state index is 12.5. The highest BCUT2D eigenvalue weighted by atomic mass is 32.2. The Morgan fingerprint density at radius 3 is 2.44 bits per heavy atom. The summed E-state index contributed by atoms with van der Waals surface area (Å²) in [5.74, 6) is -0.972. The van der Waals surface area contributed by atoms with Gasteiger partial charge in [-0.15, -0.1) is 0 Å². The Hall–Kier alpha value is -2.53. The first kappa shape index (κ1) is 26.1. The number of hydrogen-bond donors (Lipinski definition) is 3. The number of aliphatic hydroxyl groups is 1. The molecule has 10 heteroatoms. The molecule has 0 aromatic heterocycles. The van der Waals surface area contributed by atoms with Crippen molar-refractivity contribution >= 4 is 32.6 Å². The fraction of sp³-hybridized carbons (Fsp3) is 0.500. The minimum Gasteiger partial charge on any atom is -0.395 e. The van der Waals surface area contributed by atoms with Crippen LogP contribution >= 0.6 is 0 Å². The SMILES string of the molecule is C[C@H](c1cccc2ccccc12)N1CCC(N(CC(=O)NCC(=O)NCCO)S(C)(=O)=O)CC1. The zero-order chi connectivity index (χ0) is 24.7. The third-order valence-corrected chi connectivity index (χ3v) is 7.61. The minimum atomic E-state index is -3.61. The number of nitrogens with zero attached hydrogens (tertiary/aromatic N) is 2. The van der Waals surface area contributed by atoms with Gasteiger partial charge >= 0.3 is 0 Å². The van der Waals surface area contributed by atoms with Gasteiger partial charge in [0, 0.05) is 31.7 Å². The van der Waals surface area contributed by atoms with E-state index in [0.717, 1.165) is 6.26 Å². The Balaban J connectivity index is 1.60. The van der Waals surface area contributed by atoms with E-state index in [4.69, 9.17) is 5.11 Å². The maximum Gasteiger partial charge on any atom is 0.239 e. The summed E-state index contributed by atoms with van der Waals surface area (Å²) in [6, 6.07) is 14.5. The molecule has 0 spiro atoms. The fourth-order valence-corrected chi connectivity index (χ4v) is 5.63. The zero-order valence-electron chi connectivity index (χ0n) is 19.7. The third-order valence-electron chi connectivity index (χ3n) is 6.33. The molecule has 1 saturated heterocycles. The van der Waals surface area contributed by atoms with Gasteiger partial charge in [0.25, 0.3) is 0 Å². The van der Waals surface area contributed by atoms with Crippen LogP contribution in [0.25, 0.3) is 10.8 Å². The van der Waals surface area contributed by atoms with Crippen LogP contribution < -0.4 is 10.6 Å². The fourth-order valence-electron chi connectivity index (χ4n) is 4.52. The number of benzene rings is 2. The standard InChI is InChI=1S/C24H34N4O5S/c1-18(21-9-5-7-19-6-3-4-8-22(19)21)27-13-10-20(11-14-27)28(34(2,32)33)17-24(31)26-16-23(30)25-12-15-29/h3-9,18,20,29H,10-17H2,1-2H3,(H,25,30)(H,26,31)/t18-/m1/s1. The molecule has 0 saturated carbocycles. The van der Waals surface area contributed by atoms with E-state index in [-0.39, 0.29) is 38.3 Å². The monoisotopic (exact) mass is 490 g/mol. The van der Waals surface area contributed by atoms with Gasteiger partial charge in [0.2, 0.25) is 21.8 Å². The summed E-state index contributed by atoms with van der Waals surface area (Å²) in [6.07, 6.45) is 2.35. The van der Waals surface area contributed by atoms with Crippen LogP contribution in [0.3, 0.4) is 0 Å². The number of carbonyl (C=O) groups is 2. The van der Waals surface area contributed by atoms with Crippen molar-refractivity contribution in [2.75, 3.05) is 45.6 Å². The number of fused-ring (bicyclic) bond motifs is 1. The average molecular weight is 491 g/mol. The molecular weight excluding hydrogens is 456 g/mol. The summed E-state index contributed by atoms with van der Waals surface area (Å²) < 4.78 is 26.2. The molecule has 1 aliphatic heterocycles. The minimum absolute atomic E-state index is 0.0972. The zero-order valence-corrected chi connectivity index (χ0v) is 20.6. The van der Waals surface area contributed by atoms with E-state index in [2.05, 4.69) is 52.8 Å². The van der Waals surface area contributed by atoms with Crippen LogP contribution in [0, 0.1) is 0 Å². The molecule has 0 aliphatic carbocycles. The number of likely N-dealkylation sites (tertiary alicyclic amines) is 1. The summed E-state index contributed by atoms with van der Waals surface area (Å²) in [5.41, 5.74) is 1.25. The molecule has 0 bridgehead atoms. The van der Waals surface area contributed by atoms with E-state index in [1.54, 1.807) is 0 Å². The highest BCUT2D eigenvalue weighted by Gasteiger charge is 2.33. The number of amides is 2. The van der Waals surface area contributed by atoms with Gasteiger partial charge in [-0.2, -0.15) is 4.31 Å². The molecule has 1 aliphatic rings. The molecular formula is C24H34N4O5S. The van der Waals surface area contributed by atoms with Gasteiger partial charge in [-0.1, -0.05) is 42.5 Å². The second-order valence-electron chi connectivity index (χ2n) is 8.67. The smallest absolute Gasteiger partial charge is 0.239 e. The van der Waals surface area contributed by atoms with Crippen LogP contribution in [0.5, 0.6) is 0 Å². The van der Waals surface area contributed by atoms with Crippen molar-refractivity contribution in [3.63, 3.8) is 0 Å². The number of hydrogen-bond acceptors (Lipinski definition) is 6. The number of nitrogens with one attached hydrogen (secondary N) is 2. The number of aliphatic hydroxyl groups excluding tert-OH is 1. The van der Waals surface area contributed by atoms with E-state index in [1.165, 1.54) is 20.6 Å².